The molecule has 4 heterocycles. The third-order valence-electron chi connectivity index (χ3n) is 6.16. The monoisotopic (exact) mass is 538 g/mol. The molecule has 4 aromatic heterocycles. The Kier molecular flexibility index (Phi) is 6.33. The van der Waals surface area contributed by atoms with Gasteiger partial charge in [-0.05, 0) is 67.4 Å². The van der Waals surface area contributed by atoms with Crippen molar-refractivity contribution in [2.24, 2.45) is 0 Å². The maximum Gasteiger partial charge on any atom is 0.107 e. The van der Waals surface area contributed by atoms with Crippen LogP contribution >= 0.6 is 61.3 Å². The zero-order valence-electron chi connectivity index (χ0n) is 17.7. The lowest BCUT2D eigenvalue weighted by molar-refractivity contribution is 0.837. The fourth-order valence-corrected chi connectivity index (χ4v) is 19.0. The molecule has 0 spiro atoms. The van der Waals surface area contributed by atoms with Crippen molar-refractivity contribution in [3.63, 3.8) is 0 Å². The Morgan fingerprint density at radius 2 is 1.10 bits per heavy atom. The Morgan fingerprint density at radius 1 is 0.621 bits per heavy atom. The van der Waals surface area contributed by atoms with Gasteiger partial charge in [0.2, 0.25) is 0 Å². The normalized spacial score (nSPS) is 12.9. The van der Waals surface area contributed by atoms with Crippen LogP contribution in [0.25, 0.3) is 28.9 Å². The summed E-state index contributed by atoms with van der Waals surface area (Å²) in [5.74, 6) is 0. The minimum absolute atomic E-state index is 0.758. The second-order valence-electron chi connectivity index (χ2n) is 8.61. The fourth-order valence-electron chi connectivity index (χ4n) is 5.08. The first kappa shape index (κ1) is 22.0. The zero-order chi connectivity index (χ0) is 20.9. The summed E-state index contributed by atoms with van der Waals surface area (Å²) in [6, 6.07) is 14.0. The predicted octanol–water partition coefficient (Wildman–Crippen LogP) is 10.1. The third-order valence-corrected chi connectivity index (χ3v) is 19.5. The molecule has 0 saturated heterocycles. The van der Waals surface area contributed by atoms with Crippen molar-refractivity contribution in [2.45, 2.75) is 58.2 Å². The first-order valence-corrected chi connectivity index (χ1v) is 16.4. The van der Waals surface area contributed by atoms with Crippen LogP contribution in [0.15, 0.2) is 40.2 Å². The van der Waals surface area contributed by atoms with Crippen LogP contribution in [0.4, 0.5) is 0 Å². The van der Waals surface area contributed by atoms with Gasteiger partial charge in [0.1, 0.15) is 8.07 Å². The molecule has 4 aromatic rings. The maximum atomic E-state index is 3.59. The topological polar surface area (TPSA) is 0 Å². The Bertz CT molecular complexity index is 1070. The molecule has 29 heavy (non-hydrogen) atoms. The summed E-state index contributed by atoms with van der Waals surface area (Å²) < 4.78 is 5.72. The first-order chi connectivity index (χ1) is 13.7. The van der Waals surface area contributed by atoms with Gasteiger partial charge >= 0.3 is 0 Å². The molecule has 0 atom stereocenters. The van der Waals surface area contributed by atoms with Gasteiger partial charge in [0.05, 0.1) is 3.79 Å². The summed E-state index contributed by atoms with van der Waals surface area (Å²) in [6.07, 6.45) is 0. The SMILES string of the molecule is CC(C)[Si](c1ccc(-c2cc3sc(-c4ccc(Br)s4)cc3s2)s1)(C(C)C)C(C)C. The largest absolute Gasteiger partial charge is 0.144 e. The van der Waals surface area contributed by atoms with Crippen LogP contribution in [0.2, 0.25) is 16.6 Å². The highest BCUT2D eigenvalue weighted by molar-refractivity contribution is 9.11. The molecule has 0 N–H and O–H groups in total. The van der Waals surface area contributed by atoms with E-state index >= 15 is 0 Å². The maximum absolute atomic E-state index is 3.59. The van der Waals surface area contributed by atoms with Crippen LogP contribution in [0.1, 0.15) is 41.5 Å². The van der Waals surface area contributed by atoms with Gasteiger partial charge in [0.15, 0.2) is 0 Å². The number of halogens is 1. The highest BCUT2D eigenvalue weighted by Gasteiger charge is 2.45. The van der Waals surface area contributed by atoms with Gasteiger partial charge in [-0.2, -0.15) is 0 Å². The van der Waals surface area contributed by atoms with Crippen molar-refractivity contribution in [3.8, 4) is 19.5 Å². The highest BCUT2D eigenvalue weighted by atomic mass is 79.9. The fraction of sp³-hybridized carbons (Fsp3) is 0.391. The van der Waals surface area contributed by atoms with Crippen LogP contribution in [-0.2, 0) is 0 Å². The van der Waals surface area contributed by atoms with Crippen molar-refractivity contribution in [3.05, 3.63) is 40.2 Å². The van der Waals surface area contributed by atoms with Crippen LogP contribution in [0.5, 0.6) is 0 Å². The standard InChI is InChI=1S/C23H27BrS4Si/c1-13(2)29(14(3)4,15(5)6)23-10-8-17(28-23)19-12-21-20(26-19)11-18(25-21)16-7-9-22(24)27-16/h7-15H,1-6H3. The van der Waals surface area contributed by atoms with Crippen LogP contribution in [-0.4, -0.2) is 8.07 Å². The number of thiophene rings is 4. The summed E-state index contributed by atoms with van der Waals surface area (Å²) in [4.78, 5) is 5.62. The van der Waals surface area contributed by atoms with Crippen LogP contribution < -0.4 is 4.50 Å². The van der Waals surface area contributed by atoms with Gasteiger partial charge in [-0.1, -0.05) is 47.6 Å². The second-order valence-corrected chi connectivity index (χ2v) is 20.6. The molecule has 0 bridgehead atoms. The number of rotatable bonds is 6. The van der Waals surface area contributed by atoms with E-state index in [2.05, 4.69) is 105 Å². The summed E-state index contributed by atoms with van der Waals surface area (Å²) in [6.45, 7) is 14.7. The summed E-state index contributed by atoms with van der Waals surface area (Å²) in [7, 11) is -1.57. The molecular weight excluding hydrogens is 513 g/mol. The second kappa shape index (κ2) is 8.36. The highest BCUT2D eigenvalue weighted by Crippen LogP contribution is 2.46. The molecule has 0 nitrogen and oxygen atoms in total. The molecule has 0 unspecified atom stereocenters. The Hall–Kier alpha value is -0.243. The van der Waals surface area contributed by atoms with E-state index in [1.54, 1.807) is 4.50 Å². The van der Waals surface area contributed by atoms with E-state index in [9.17, 15) is 0 Å². The Labute approximate surface area is 199 Å². The van der Waals surface area contributed by atoms with E-state index in [-0.39, 0.29) is 0 Å². The number of fused-ring (bicyclic) bond motifs is 1. The minimum Gasteiger partial charge on any atom is -0.144 e. The molecule has 0 fully saturated rings. The minimum atomic E-state index is -1.57. The molecule has 0 saturated carbocycles. The average Bonchev–Trinajstić information content (AvgIpc) is 3.35. The molecule has 0 aliphatic rings. The zero-order valence-corrected chi connectivity index (χ0v) is 23.6. The summed E-state index contributed by atoms with van der Waals surface area (Å²) >= 11 is 11.3. The predicted molar refractivity (Wildman–Crippen MR) is 145 cm³/mol. The number of hydrogen-bond acceptors (Lipinski definition) is 4. The quantitative estimate of drug-likeness (QED) is 0.214. The summed E-state index contributed by atoms with van der Waals surface area (Å²) in [5, 5.41) is 0. The first-order valence-electron chi connectivity index (χ1n) is 10.1. The van der Waals surface area contributed by atoms with E-state index in [1.807, 2.05) is 34.0 Å². The number of hydrogen-bond donors (Lipinski definition) is 0. The van der Waals surface area contributed by atoms with Crippen LogP contribution in [0, 0.1) is 0 Å². The Balaban J connectivity index is 1.70. The van der Waals surface area contributed by atoms with Crippen molar-refractivity contribution in [1.29, 1.82) is 0 Å². The van der Waals surface area contributed by atoms with E-state index in [4.69, 9.17) is 0 Å². The van der Waals surface area contributed by atoms with E-state index in [0.717, 1.165) is 16.6 Å². The van der Waals surface area contributed by atoms with Crippen molar-refractivity contribution in [2.75, 3.05) is 0 Å². The van der Waals surface area contributed by atoms with Gasteiger partial charge in [-0.3, -0.25) is 0 Å². The molecule has 154 valence electrons. The van der Waals surface area contributed by atoms with E-state index in [0.29, 0.717) is 0 Å². The summed E-state index contributed by atoms with van der Waals surface area (Å²) in [5.41, 5.74) is 2.27. The molecule has 0 aliphatic carbocycles. The van der Waals surface area contributed by atoms with E-state index < -0.39 is 8.07 Å². The van der Waals surface area contributed by atoms with Gasteiger partial charge in [-0.15, -0.1) is 45.3 Å². The van der Waals surface area contributed by atoms with Gasteiger partial charge in [0.25, 0.3) is 0 Å². The van der Waals surface area contributed by atoms with Crippen molar-refractivity contribution < 1.29 is 0 Å². The lowest BCUT2D eigenvalue weighted by atomic mass is 10.3. The smallest absolute Gasteiger partial charge is 0.107 e. The molecule has 0 aromatic carbocycles. The van der Waals surface area contributed by atoms with Crippen molar-refractivity contribution in [1.82, 2.24) is 0 Å². The van der Waals surface area contributed by atoms with Crippen LogP contribution in [0.3, 0.4) is 0 Å². The average molecular weight is 540 g/mol. The molecule has 6 heteroatoms. The molecule has 0 amide bonds. The third kappa shape index (κ3) is 3.78. The van der Waals surface area contributed by atoms with Gasteiger partial charge in [-0.25, -0.2) is 0 Å². The lowest BCUT2D eigenvalue weighted by Crippen LogP contribution is -2.54. The lowest BCUT2D eigenvalue weighted by Gasteiger charge is -2.42. The van der Waals surface area contributed by atoms with E-state index in [1.165, 1.54) is 32.7 Å². The van der Waals surface area contributed by atoms with Crippen molar-refractivity contribution >= 4 is 83.3 Å². The molecular formula is C23H27BrS4Si. The van der Waals surface area contributed by atoms with Gasteiger partial charge < -0.3 is 0 Å². The molecule has 0 aliphatic heterocycles. The molecule has 4 rings (SSSR count). The molecule has 0 radical (unpaired) electrons. The Morgan fingerprint density at radius 3 is 1.55 bits per heavy atom. The van der Waals surface area contributed by atoms with Gasteiger partial charge in [0, 0.05) is 28.9 Å².